The topological polar surface area (TPSA) is 157 Å². The molecule has 38 heavy (non-hydrogen) atoms. The molecule has 1 fully saturated rings. The number of H-pyrrole nitrogens is 1. The maximum Gasteiger partial charge on any atom is 0.200 e. The van der Waals surface area contributed by atoms with E-state index in [1.807, 2.05) is 0 Å². The molecule has 0 amide bonds. The number of tetrazole rings is 1. The van der Waals surface area contributed by atoms with Gasteiger partial charge in [0.1, 0.15) is 42.1 Å². The normalized spacial score (nSPS) is 23.6. The number of thioether (sulfide) groups is 1. The highest BCUT2D eigenvalue weighted by atomic mass is 79.9. The zero-order valence-electron chi connectivity index (χ0n) is 19.0. The molecule has 12 nitrogen and oxygen atoms in total. The van der Waals surface area contributed by atoms with E-state index in [-0.39, 0.29) is 23.7 Å². The van der Waals surface area contributed by atoms with E-state index < -0.39 is 53.8 Å². The second kappa shape index (κ2) is 11.4. The van der Waals surface area contributed by atoms with Crippen LogP contribution in [-0.2, 0) is 16.1 Å². The Balaban J connectivity index is 1.51. The summed E-state index contributed by atoms with van der Waals surface area (Å²) in [5.41, 5.74) is -0.862. The van der Waals surface area contributed by atoms with E-state index in [9.17, 15) is 23.4 Å². The van der Waals surface area contributed by atoms with E-state index in [0.29, 0.717) is 4.90 Å². The molecule has 4 aromatic rings. The molecule has 5 rings (SSSR count). The van der Waals surface area contributed by atoms with Crippen molar-refractivity contribution >= 4 is 27.7 Å². The van der Waals surface area contributed by atoms with Crippen molar-refractivity contribution in [2.45, 2.75) is 41.3 Å². The molecule has 2 unspecified atom stereocenters. The lowest BCUT2D eigenvalue weighted by molar-refractivity contribution is -0.196. The molecule has 17 heteroatoms. The predicted molar refractivity (Wildman–Crippen MR) is 127 cm³/mol. The Morgan fingerprint density at radius 2 is 1.95 bits per heavy atom. The maximum absolute atomic E-state index is 13.8. The molecule has 4 heterocycles. The summed E-state index contributed by atoms with van der Waals surface area (Å²) in [7, 11) is 0. The van der Waals surface area contributed by atoms with Crippen molar-refractivity contribution in [2.75, 3.05) is 6.61 Å². The van der Waals surface area contributed by atoms with Crippen molar-refractivity contribution in [1.82, 2.24) is 40.6 Å². The van der Waals surface area contributed by atoms with Gasteiger partial charge < -0.3 is 19.7 Å². The summed E-state index contributed by atoms with van der Waals surface area (Å²) in [6.07, 6.45) is 1.21. The van der Waals surface area contributed by atoms with Gasteiger partial charge in [-0.05, 0) is 34.1 Å². The van der Waals surface area contributed by atoms with Gasteiger partial charge in [-0.25, -0.2) is 17.9 Å². The summed E-state index contributed by atoms with van der Waals surface area (Å²) in [4.78, 5) is 4.83. The Kier molecular flexibility index (Phi) is 8.01. The van der Waals surface area contributed by atoms with Crippen LogP contribution in [0.15, 0.2) is 46.2 Å². The molecule has 0 saturated carbocycles. The molecule has 3 aromatic heterocycles. The molecule has 1 saturated heterocycles. The lowest BCUT2D eigenvalue weighted by atomic mass is 9.97. The number of aromatic amines is 1. The number of nitrogens with one attached hydrogen (secondary N) is 1. The van der Waals surface area contributed by atoms with Crippen LogP contribution in [0, 0.1) is 17.5 Å². The van der Waals surface area contributed by atoms with Gasteiger partial charge in [-0.15, -0.1) is 15.3 Å². The minimum absolute atomic E-state index is 0.0133. The molecule has 1 aromatic carbocycles. The van der Waals surface area contributed by atoms with E-state index in [1.165, 1.54) is 22.6 Å². The summed E-state index contributed by atoms with van der Waals surface area (Å²) >= 11 is 4.59. The van der Waals surface area contributed by atoms with Crippen molar-refractivity contribution < 1.29 is 32.9 Å². The van der Waals surface area contributed by atoms with E-state index in [0.717, 1.165) is 16.6 Å². The van der Waals surface area contributed by atoms with E-state index in [1.54, 1.807) is 18.5 Å². The van der Waals surface area contributed by atoms with Crippen molar-refractivity contribution in [3.63, 3.8) is 0 Å². The molecule has 1 aliphatic heterocycles. The predicted octanol–water partition coefficient (Wildman–Crippen LogP) is 2.03. The fourth-order valence-corrected chi connectivity index (χ4v) is 5.57. The van der Waals surface area contributed by atoms with E-state index in [2.05, 4.69) is 51.9 Å². The molecule has 5 atom stereocenters. The zero-order valence-corrected chi connectivity index (χ0v) is 21.4. The number of aliphatic hydroxyl groups is 2. The Morgan fingerprint density at radius 1 is 1.16 bits per heavy atom. The summed E-state index contributed by atoms with van der Waals surface area (Å²) < 4.78 is 55.1. The summed E-state index contributed by atoms with van der Waals surface area (Å²) in [6, 6.07) is 2.37. The second-order valence-corrected chi connectivity index (χ2v) is 10.2. The molecule has 0 bridgehead atoms. The molecule has 200 valence electrons. The van der Waals surface area contributed by atoms with Crippen molar-refractivity contribution in [1.29, 1.82) is 0 Å². The molecular weight excluding hydrogens is 597 g/mol. The summed E-state index contributed by atoms with van der Waals surface area (Å²) in [5.74, 6) is -4.15. The average molecular weight is 615 g/mol. The van der Waals surface area contributed by atoms with Crippen LogP contribution >= 0.6 is 27.7 Å². The van der Waals surface area contributed by atoms with Crippen LogP contribution in [0.4, 0.5) is 13.2 Å². The summed E-state index contributed by atoms with van der Waals surface area (Å²) in [5, 5.41) is 42.6. The molecule has 0 spiro atoms. The first-order valence-corrected chi connectivity index (χ1v) is 12.6. The zero-order chi connectivity index (χ0) is 26.8. The number of ether oxygens (including phenoxy) is 2. The van der Waals surface area contributed by atoms with Crippen molar-refractivity contribution in [3.8, 4) is 11.3 Å². The van der Waals surface area contributed by atoms with Gasteiger partial charge >= 0.3 is 0 Å². The van der Waals surface area contributed by atoms with Crippen LogP contribution in [-0.4, -0.2) is 81.2 Å². The summed E-state index contributed by atoms with van der Waals surface area (Å²) in [6.45, 7) is -0.653. The highest BCUT2D eigenvalue weighted by Gasteiger charge is 2.48. The number of halogens is 4. The molecule has 1 aliphatic rings. The van der Waals surface area contributed by atoms with Gasteiger partial charge in [-0.2, -0.15) is 5.21 Å². The fraction of sp³-hybridized carbons (Fsp3) is 0.333. The molecule has 0 aliphatic carbocycles. The third-order valence-electron chi connectivity index (χ3n) is 5.65. The van der Waals surface area contributed by atoms with Crippen LogP contribution in [0.25, 0.3) is 11.3 Å². The van der Waals surface area contributed by atoms with Gasteiger partial charge in [0.15, 0.2) is 23.3 Å². The quantitative estimate of drug-likeness (QED) is 0.249. The van der Waals surface area contributed by atoms with Crippen molar-refractivity contribution in [3.05, 3.63) is 64.5 Å². The Labute approximate surface area is 224 Å². The van der Waals surface area contributed by atoms with Gasteiger partial charge in [0.05, 0.1) is 12.8 Å². The first kappa shape index (κ1) is 26.6. The van der Waals surface area contributed by atoms with Gasteiger partial charge in [0, 0.05) is 27.3 Å². The minimum atomic E-state index is -1.61. The standard InChI is InChI=1S/C21H18BrF3N8O4S/c22-10-3-11(5-26-4-10)38-21-20(36-8-16-28-30-31-29-16)18(19(35)15(7-34)37-21)33-6-14(27-32-33)9-1-12(23)17(25)13(24)2-9/h1-6,15,18-21,34-35H,7-8H2,(H,28,29,30,31)/t15?,18-,19-,20?,21+/m0/s1. The Hall–Kier alpha value is -2.96. The number of aromatic nitrogens is 8. The van der Waals surface area contributed by atoms with Crippen LogP contribution in [0.2, 0.25) is 0 Å². The van der Waals surface area contributed by atoms with Gasteiger partial charge in [-0.3, -0.25) is 4.98 Å². The number of benzene rings is 1. The number of pyridine rings is 1. The fourth-order valence-electron chi connectivity index (χ4n) is 3.90. The highest BCUT2D eigenvalue weighted by Crippen LogP contribution is 2.40. The largest absolute Gasteiger partial charge is 0.394 e. The van der Waals surface area contributed by atoms with Crippen molar-refractivity contribution in [2.24, 2.45) is 0 Å². The third-order valence-corrected chi connectivity index (χ3v) is 7.19. The monoisotopic (exact) mass is 614 g/mol. The first-order chi connectivity index (χ1) is 18.3. The number of hydrogen-bond donors (Lipinski definition) is 3. The smallest absolute Gasteiger partial charge is 0.200 e. The lowest BCUT2D eigenvalue weighted by Gasteiger charge is -2.43. The minimum Gasteiger partial charge on any atom is -0.394 e. The van der Waals surface area contributed by atoms with Gasteiger partial charge in [0.2, 0.25) is 0 Å². The molecule has 0 radical (unpaired) electrons. The highest BCUT2D eigenvalue weighted by molar-refractivity contribution is 9.10. The second-order valence-electron chi connectivity index (χ2n) is 8.10. The number of hydrogen-bond acceptors (Lipinski definition) is 11. The maximum atomic E-state index is 13.8. The van der Waals surface area contributed by atoms with Crippen LogP contribution < -0.4 is 0 Å². The number of nitrogens with zero attached hydrogens (tertiary/aromatic N) is 7. The van der Waals surface area contributed by atoms with E-state index >= 15 is 0 Å². The number of rotatable bonds is 8. The van der Waals surface area contributed by atoms with Crippen LogP contribution in [0.5, 0.6) is 0 Å². The average Bonchev–Trinajstić information content (AvgIpc) is 3.59. The first-order valence-electron chi connectivity index (χ1n) is 11.0. The van der Waals surface area contributed by atoms with Gasteiger partial charge in [-0.1, -0.05) is 22.2 Å². The van der Waals surface area contributed by atoms with E-state index in [4.69, 9.17) is 9.47 Å². The Morgan fingerprint density at radius 3 is 2.63 bits per heavy atom. The number of aliphatic hydroxyl groups excluding tert-OH is 2. The van der Waals surface area contributed by atoms with Gasteiger partial charge in [0.25, 0.3) is 0 Å². The third kappa shape index (κ3) is 5.57. The van der Waals surface area contributed by atoms with Crippen LogP contribution in [0.3, 0.4) is 0 Å². The SMILES string of the molecule is OCC1O[C@H](Sc2cncc(Br)c2)C(OCc2nn[nH]n2)[C@@H](n2cc(-c3cc(F)c(F)c(F)c3)nn2)[C@H]1O. The molecule has 3 N–H and O–H groups in total. The molecular formula is C21H18BrF3N8O4S. The lowest BCUT2D eigenvalue weighted by Crippen LogP contribution is -2.55. The Bertz CT molecular complexity index is 1380. The van der Waals surface area contributed by atoms with Crippen LogP contribution in [0.1, 0.15) is 11.9 Å².